The first-order chi connectivity index (χ1) is 15.1. The molecule has 0 aromatic heterocycles. The molecule has 0 aliphatic carbocycles. The Morgan fingerprint density at radius 3 is 2.65 bits per heavy atom. The topological polar surface area (TPSA) is 41.6 Å². The summed E-state index contributed by atoms with van der Waals surface area (Å²) in [6, 6.07) is 15.3. The van der Waals surface area contributed by atoms with Crippen molar-refractivity contribution in [1.82, 2.24) is 10.2 Å². The van der Waals surface area contributed by atoms with Gasteiger partial charge in [-0.2, -0.15) is 0 Å². The van der Waals surface area contributed by atoms with Crippen LogP contribution in [0.3, 0.4) is 0 Å². The highest BCUT2D eigenvalue weighted by Gasteiger charge is 2.40. The molecule has 2 aromatic rings. The van der Waals surface area contributed by atoms with Crippen LogP contribution in [0, 0.1) is 11.2 Å². The summed E-state index contributed by atoms with van der Waals surface area (Å²) in [6.45, 7) is 6.29. The first-order valence-electron chi connectivity index (χ1n) is 11.5. The lowest BCUT2D eigenvalue weighted by Gasteiger charge is -2.36. The van der Waals surface area contributed by atoms with Gasteiger partial charge in [-0.25, -0.2) is 4.39 Å². The molecule has 166 valence electrons. The number of nitrogens with zero attached hydrogens (tertiary/aromatic N) is 1. The summed E-state index contributed by atoms with van der Waals surface area (Å²) in [6.07, 6.45) is 4.49. The lowest BCUT2D eigenvalue weighted by atomic mass is 9.74. The van der Waals surface area contributed by atoms with E-state index in [4.69, 9.17) is 4.74 Å². The van der Waals surface area contributed by atoms with Gasteiger partial charge in [-0.15, -0.1) is 0 Å². The molecular weight excluding hydrogens is 391 g/mol. The lowest BCUT2D eigenvalue weighted by Crippen LogP contribution is -2.49. The molecule has 0 saturated carbocycles. The quantitative estimate of drug-likeness (QED) is 0.715. The largest absolute Gasteiger partial charge is 0.381 e. The summed E-state index contributed by atoms with van der Waals surface area (Å²) in [5.74, 6) is -0.0915. The van der Waals surface area contributed by atoms with Gasteiger partial charge in [0.15, 0.2) is 0 Å². The maximum absolute atomic E-state index is 13.7. The predicted octanol–water partition coefficient (Wildman–Crippen LogP) is 4.43. The fourth-order valence-corrected chi connectivity index (χ4v) is 5.11. The Morgan fingerprint density at radius 1 is 1.16 bits per heavy atom. The third-order valence-corrected chi connectivity index (χ3v) is 6.96. The zero-order valence-corrected chi connectivity index (χ0v) is 18.4. The van der Waals surface area contributed by atoms with Crippen LogP contribution in [0.25, 0.3) is 11.1 Å². The van der Waals surface area contributed by atoms with Gasteiger partial charge in [-0.3, -0.25) is 9.69 Å². The van der Waals surface area contributed by atoms with Crippen LogP contribution in [0.1, 0.15) is 38.2 Å². The standard InChI is InChI=1S/C26H33FN2O2/c1-2-29-13-5-10-24(29)19-28-25(30)26(11-14-31-15-12-26)18-20-6-3-7-21(16-20)22-8-4-9-23(27)17-22/h3-4,6-9,16-17,24H,2,5,10-15,18-19H2,1H3,(H,28,30). The highest BCUT2D eigenvalue weighted by molar-refractivity contribution is 5.83. The molecule has 4 nitrogen and oxygen atoms in total. The van der Waals surface area contributed by atoms with Crippen molar-refractivity contribution < 1.29 is 13.9 Å². The number of carbonyl (C=O) groups is 1. The average Bonchev–Trinajstić information content (AvgIpc) is 3.26. The fraction of sp³-hybridized carbons (Fsp3) is 0.500. The number of hydrogen-bond donors (Lipinski definition) is 1. The Bertz CT molecular complexity index is 894. The Hall–Kier alpha value is -2.24. The van der Waals surface area contributed by atoms with Gasteiger partial charge >= 0.3 is 0 Å². The van der Waals surface area contributed by atoms with E-state index in [1.165, 1.54) is 12.5 Å². The number of likely N-dealkylation sites (N-methyl/N-ethyl adjacent to an activating group) is 1. The van der Waals surface area contributed by atoms with Crippen molar-refractivity contribution in [3.63, 3.8) is 0 Å². The van der Waals surface area contributed by atoms with Gasteiger partial charge in [0.05, 0.1) is 5.41 Å². The predicted molar refractivity (Wildman–Crippen MR) is 121 cm³/mol. The molecule has 2 aliphatic heterocycles. The van der Waals surface area contributed by atoms with Crippen LogP contribution in [0.5, 0.6) is 0 Å². The van der Waals surface area contributed by atoms with E-state index in [0.29, 0.717) is 25.7 Å². The minimum absolute atomic E-state index is 0.148. The molecule has 1 amide bonds. The van der Waals surface area contributed by atoms with E-state index in [1.807, 2.05) is 18.2 Å². The van der Waals surface area contributed by atoms with Gasteiger partial charge in [-0.05, 0) is 74.0 Å². The number of amides is 1. The van der Waals surface area contributed by atoms with Gasteiger partial charge in [0.1, 0.15) is 5.82 Å². The van der Waals surface area contributed by atoms with Crippen LogP contribution in [0.4, 0.5) is 4.39 Å². The summed E-state index contributed by atoms with van der Waals surface area (Å²) in [5.41, 5.74) is 2.49. The summed E-state index contributed by atoms with van der Waals surface area (Å²) in [4.78, 5) is 15.9. The summed E-state index contributed by atoms with van der Waals surface area (Å²) < 4.78 is 19.3. The van der Waals surface area contributed by atoms with Gasteiger partial charge in [0, 0.05) is 25.8 Å². The normalized spacial score (nSPS) is 21.2. The maximum atomic E-state index is 13.7. The summed E-state index contributed by atoms with van der Waals surface area (Å²) in [7, 11) is 0. The number of rotatable bonds is 7. The minimum Gasteiger partial charge on any atom is -0.381 e. The Labute approximate surface area is 184 Å². The van der Waals surface area contributed by atoms with Crippen LogP contribution in [0.15, 0.2) is 48.5 Å². The van der Waals surface area contributed by atoms with E-state index < -0.39 is 5.41 Å². The molecule has 0 bridgehead atoms. The zero-order chi connectivity index (χ0) is 21.7. The van der Waals surface area contributed by atoms with Crippen molar-refractivity contribution in [2.45, 2.75) is 45.1 Å². The third-order valence-electron chi connectivity index (χ3n) is 6.96. The number of hydrogen-bond acceptors (Lipinski definition) is 3. The smallest absolute Gasteiger partial charge is 0.226 e. The number of halogens is 1. The second-order valence-electron chi connectivity index (χ2n) is 8.91. The number of nitrogens with one attached hydrogen (secondary N) is 1. The average molecular weight is 425 g/mol. The molecule has 2 aromatic carbocycles. The Morgan fingerprint density at radius 2 is 1.90 bits per heavy atom. The second-order valence-corrected chi connectivity index (χ2v) is 8.91. The SMILES string of the molecule is CCN1CCCC1CNC(=O)C1(Cc2cccc(-c3cccc(F)c3)c2)CCOCC1. The van der Waals surface area contributed by atoms with Crippen molar-refractivity contribution in [3.8, 4) is 11.1 Å². The molecule has 1 N–H and O–H groups in total. The molecular formula is C26H33FN2O2. The van der Waals surface area contributed by atoms with E-state index in [2.05, 4.69) is 29.3 Å². The molecule has 1 unspecified atom stereocenters. The lowest BCUT2D eigenvalue weighted by molar-refractivity contribution is -0.136. The summed E-state index contributed by atoms with van der Waals surface area (Å²) in [5, 5.41) is 3.29. The van der Waals surface area contributed by atoms with Crippen molar-refractivity contribution in [1.29, 1.82) is 0 Å². The highest BCUT2D eigenvalue weighted by atomic mass is 19.1. The fourth-order valence-electron chi connectivity index (χ4n) is 5.11. The van der Waals surface area contributed by atoms with Crippen LogP contribution in [-0.4, -0.2) is 49.7 Å². The molecule has 0 spiro atoms. The Balaban J connectivity index is 1.50. The highest BCUT2D eigenvalue weighted by Crippen LogP contribution is 2.36. The molecule has 5 heteroatoms. The molecule has 2 fully saturated rings. The van der Waals surface area contributed by atoms with E-state index in [-0.39, 0.29) is 11.7 Å². The molecule has 2 aliphatic rings. The molecule has 1 atom stereocenters. The number of carbonyl (C=O) groups excluding carboxylic acids is 1. The van der Waals surface area contributed by atoms with Crippen LogP contribution in [-0.2, 0) is 16.0 Å². The zero-order valence-electron chi connectivity index (χ0n) is 18.4. The molecule has 4 rings (SSSR count). The number of likely N-dealkylation sites (tertiary alicyclic amines) is 1. The Kier molecular flexibility index (Phi) is 7.03. The first kappa shape index (κ1) is 22.0. The van der Waals surface area contributed by atoms with Crippen molar-refractivity contribution in [2.75, 3.05) is 32.8 Å². The molecule has 2 saturated heterocycles. The van der Waals surface area contributed by atoms with Crippen molar-refractivity contribution >= 4 is 5.91 Å². The van der Waals surface area contributed by atoms with Crippen LogP contribution in [0.2, 0.25) is 0 Å². The second kappa shape index (κ2) is 9.92. The van der Waals surface area contributed by atoms with Crippen LogP contribution >= 0.6 is 0 Å². The third kappa shape index (κ3) is 5.16. The number of ether oxygens (including phenoxy) is 1. The maximum Gasteiger partial charge on any atom is 0.226 e. The van der Waals surface area contributed by atoms with Gasteiger partial charge in [-0.1, -0.05) is 43.3 Å². The van der Waals surface area contributed by atoms with Crippen LogP contribution < -0.4 is 5.32 Å². The van der Waals surface area contributed by atoms with Gasteiger partial charge in [0.25, 0.3) is 0 Å². The van der Waals surface area contributed by atoms with E-state index in [9.17, 15) is 9.18 Å². The van der Waals surface area contributed by atoms with E-state index in [0.717, 1.165) is 55.6 Å². The first-order valence-corrected chi connectivity index (χ1v) is 11.5. The van der Waals surface area contributed by atoms with Crippen molar-refractivity contribution in [2.24, 2.45) is 5.41 Å². The van der Waals surface area contributed by atoms with E-state index in [1.54, 1.807) is 12.1 Å². The minimum atomic E-state index is -0.450. The number of benzene rings is 2. The molecule has 31 heavy (non-hydrogen) atoms. The van der Waals surface area contributed by atoms with E-state index >= 15 is 0 Å². The molecule has 2 heterocycles. The van der Waals surface area contributed by atoms with Gasteiger partial charge in [0.2, 0.25) is 5.91 Å². The molecule has 0 radical (unpaired) electrons. The monoisotopic (exact) mass is 424 g/mol. The van der Waals surface area contributed by atoms with Crippen molar-refractivity contribution in [3.05, 3.63) is 59.9 Å². The summed E-state index contributed by atoms with van der Waals surface area (Å²) >= 11 is 0. The van der Waals surface area contributed by atoms with Gasteiger partial charge < -0.3 is 10.1 Å².